The molecule has 2 aliphatic rings. The molecule has 4 nitrogen and oxygen atoms in total. The number of aliphatic hydroxyl groups is 1. The van der Waals surface area contributed by atoms with Crippen LogP contribution < -0.4 is 5.32 Å². The standard InChI is InChI=1S/C20H29NO3/c1-4-6-7-11-15-17(21-5-2)19(23)16(20(24)18(15)22)14-10-8-9-13(3)12-14/h12,14,21,23H,4-11H2,1-3H3/t14-/m0/s1. The molecule has 0 radical (unpaired) electrons. The number of Topliss-reactive ketones (excluding diaryl/α,β-unsaturated/α-hetero) is 2. The third kappa shape index (κ3) is 3.80. The summed E-state index contributed by atoms with van der Waals surface area (Å²) in [6.45, 7) is 6.66. The molecule has 0 unspecified atom stereocenters. The first-order valence-electron chi connectivity index (χ1n) is 9.18. The lowest BCUT2D eigenvalue weighted by molar-refractivity contribution is -0.133. The molecular weight excluding hydrogens is 302 g/mol. The van der Waals surface area contributed by atoms with E-state index >= 15 is 0 Å². The van der Waals surface area contributed by atoms with Gasteiger partial charge in [0.1, 0.15) is 5.76 Å². The van der Waals surface area contributed by atoms with Crippen molar-refractivity contribution in [3.8, 4) is 0 Å². The number of unbranched alkanes of at least 4 members (excludes halogenated alkanes) is 2. The van der Waals surface area contributed by atoms with Crippen LogP contribution in [-0.4, -0.2) is 23.2 Å². The minimum absolute atomic E-state index is 0.0103. The fraction of sp³-hybridized carbons (Fsp3) is 0.600. The zero-order valence-corrected chi connectivity index (χ0v) is 15.1. The summed E-state index contributed by atoms with van der Waals surface area (Å²) in [4.78, 5) is 25.3. The van der Waals surface area contributed by atoms with E-state index in [1.807, 2.05) is 19.9 Å². The molecule has 0 spiro atoms. The van der Waals surface area contributed by atoms with Crippen molar-refractivity contribution in [2.24, 2.45) is 5.92 Å². The van der Waals surface area contributed by atoms with Gasteiger partial charge in [-0.15, -0.1) is 0 Å². The lowest BCUT2D eigenvalue weighted by Crippen LogP contribution is -2.34. The van der Waals surface area contributed by atoms with Crippen molar-refractivity contribution in [3.05, 3.63) is 34.3 Å². The van der Waals surface area contributed by atoms with Gasteiger partial charge in [0.05, 0.1) is 11.3 Å². The van der Waals surface area contributed by atoms with Crippen LogP contribution in [0.25, 0.3) is 0 Å². The summed E-state index contributed by atoms with van der Waals surface area (Å²) in [7, 11) is 0. The summed E-state index contributed by atoms with van der Waals surface area (Å²) in [5.74, 6) is -1.12. The summed E-state index contributed by atoms with van der Waals surface area (Å²) in [6, 6.07) is 0. The van der Waals surface area contributed by atoms with Gasteiger partial charge in [-0.05, 0) is 46.0 Å². The monoisotopic (exact) mass is 331 g/mol. The normalized spacial score (nSPS) is 22.1. The topological polar surface area (TPSA) is 66.4 Å². The maximum atomic E-state index is 12.7. The molecular formula is C20H29NO3. The first-order valence-corrected chi connectivity index (χ1v) is 9.18. The Balaban J connectivity index is 2.44. The van der Waals surface area contributed by atoms with Gasteiger partial charge in [0.2, 0.25) is 11.6 Å². The van der Waals surface area contributed by atoms with Crippen molar-refractivity contribution >= 4 is 11.6 Å². The van der Waals surface area contributed by atoms with Crippen molar-refractivity contribution in [3.63, 3.8) is 0 Å². The van der Waals surface area contributed by atoms with E-state index in [4.69, 9.17) is 0 Å². The number of hydrogen-bond donors (Lipinski definition) is 2. The minimum Gasteiger partial charge on any atom is -0.505 e. The van der Waals surface area contributed by atoms with Crippen molar-refractivity contribution in [1.82, 2.24) is 5.32 Å². The van der Waals surface area contributed by atoms with Crippen molar-refractivity contribution < 1.29 is 14.7 Å². The molecule has 4 heteroatoms. The van der Waals surface area contributed by atoms with E-state index in [2.05, 4.69) is 12.2 Å². The van der Waals surface area contributed by atoms with Crippen LogP contribution in [0, 0.1) is 5.92 Å². The van der Waals surface area contributed by atoms with Crippen LogP contribution in [0.2, 0.25) is 0 Å². The first-order chi connectivity index (χ1) is 11.5. The Bertz CT molecular complexity index is 610. The first kappa shape index (κ1) is 18.5. The molecule has 0 aromatic rings. The highest BCUT2D eigenvalue weighted by atomic mass is 16.3. The zero-order valence-electron chi connectivity index (χ0n) is 15.1. The van der Waals surface area contributed by atoms with Gasteiger partial charge in [-0.2, -0.15) is 0 Å². The molecule has 0 aliphatic heterocycles. The molecule has 0 heterocycles. The SMILES string of the molecule is CCCCCC1=C(NCC)C(O)=C([C@@H]2C=C(C)CCC2)C(=O)C1=O. The molecule has 0 amide bonds. The van der Waals surface area contributed by atoms with Gasteiger partial charge in [-0.3, -0.25) is 9.59 Å². The predicted molar refractivity (Wildman–Crippen MR) is 95.6 cm³/mol. The third-order valence-corrected chi connectivity index (χ3v) is 4.85. The number of aliphatic hydroxyl groups excluding tert-OH is 1. The van der Waals surface area contributed by atoms with Gasteiger partial charge < -0.3 is 10.4 Å². The molecule has 0 aromatic heterocycles. The second-order valence-corrected chi connectivity index (χ2v) is 6.77. The molecule has 0 bridgehead atoms. The molecule has 132 valence electrons. The molecule has 0 aromatic carbocycles. The van der Waals surface area contributed by atoms with E-state index in [0.717, 1.165) is 38.5 Å². The zero-order chi connectivity index (χ0) is 17.7. The molecule has 1 atom stereocenters. The van der Waals surface area contributed by atoms with E-state index in [1.54, 1.807) is 0 Å². The van der Waals surface area contributed by atoms with Gasteiger partial charge in [-0.1, -0.05) is 31.4 Å². The van der Waals surface area contributed by atoms with Gasteiger partial charge in [0.25, 0.3) is 0 Å². The number of allylic oxidation sites excluding steroid dienone is 4. The summed E-state index contributed by atoms with van der Waals surface area (Å²) in [5, 5.41) is 13.9. The maximum absolute atomic E-state index is 12.7. The second kappa shape index (κ2) is 8.32. The Morgan fingerprint density at radius 2 is 1.96 bits per heavy atom. The van der Waals surface area contributed by atoms with Crippen LogP contribution >= 0.6 is 0 Å². The average Bonchev–Trinajstić information content (AvgIpc) is 2.55. The third-order valence-electron chi connectivity index (χ3n) is 4.85. The molecule has 0 fully saturated rings. The number of likely N-dealkylation sites (N-methyl/N-ethyl adjacent to an activating group) is 1. The Kier molecular flexibility index (Phi) is 6.41. The molecule has 0 saturated carbocycles. The molecule has 2 N–H and O–H groups in total. The Morgan fingerprint density at radius 3 is 2.58 bits per heavy atom. The van der Waals surface area contributed by atoms with Crippen molar-refractivity contribution in [2.75, 3.05) is 6.54 Å². The Hall–Kier alpha value is -1.84. The second-order valence-electron chi connectivity index (χ2n) is 6.77. The molecule has 24 heavy (non-hydrogen) atoms. The molecule has 0 saturated heterocycles. The van der Waals surface area contributed by atoms with Gasteiger partial charge in [0, 0.05) is 18.0 Å². The number of carbonyl (C=O) groups is 2. The number of hydrogen-bond acceptors (Lipinski definition) is 4. The molecule has 2 aliphatic carbocycles. The lowest BCUT2D eigenvalue weighted by Gasteiger charge is -2.27. The van der Waals surface area contributed by atoms with Crippen LogP contribution in [0.3, 0.4) is 0 Å². The number of ketones is 2. The van der Waals surface area contributed by atoms with Crippen LogP contribution in [0.4, 0.5) is 0 Å². The number of carbonyl (C=O) groups excluding carboxylic acids is 2. The Morgan fingerprint density at radius 1 is 1.21 bits per heavy atom. The van der Waals surface area contributed by atoms with E-state index in [0.29, 0.717) is 24.2 Å². The fourth-order valence-electron chi connectivity index (χ4n) is 3.60. The molecule has 2 rings (SSSR count). The lowest BCUT2D eigenvalue weighted by atomic mass is 9.78. The maximum Gasteiger partial charge on any atom is 0.233 e. The largest absolute Gasteiger partial charge is 0.505 e. The van der Waals surface area contributed by atoms with Crippen LogP contribution in [0.1, 0.15) is 65.7 Å². The minimum atomic E-state index is -0.517. The van der Waals surface area contributed by atoms with Crippen LogP contribution in [0.5, 0.6) is 0 Å². The van der Waals surface area contributed by atoms with E-state index in [1.165, 1.54) is 5.57 Å². The summed E-state index contributed by atoms with van der Waals surface area (Å²) in [5.41, 5.74) is 2.43. The van der Waals surface area contributed by atoms with E-state index in [9.17, 15) is 14.7 Å². The quantitative estimate of drug-likeness (QED) is 0.318. The number of rotatable bonds is 7. The smallest absolute Gasteiger partial charge is 0.233 e. The van der Waals surface area contributed by atoms with Gasteiger partial charge in [-0.25, -0.2) is 0 Å². The number of nitrogens with one attached hydrogen (secondary N) is 1. The summed E-state index contributed by atoms with van der Waals surface area (Å²) < 4.78 is 0. The summed E-state index contributed by atoms with van der Waals surface area (Å²) in [6.07, 6.45) is 8.28. The van der Waals surface area contributed by atoms with Crippen LogP contribution in [0.15, 0.2) is 34.3 Å². The van der Waals surface area contributed by atoms with Crippen LogP contribution in [-0.2, 0) is 9.59 Å². The van der Waals surface area contributed by atoms with Gasteiger partial charge in [0.15, 0.2) is 0 Å². The Labute approximate surface area is 144 Å². The van der Waals surface area contributed by atoms with Gasteiger partial charge >= 0.3 is 0 Å². The summed E-state index contributed by atoms with van der Waals surface area (Å²) >= 11 is 0. The predicted octanol–water partition coefficient (Wildman–Crippen LogP) is 4.14. The highest BCUT2D eigenvalue weighted by Gasteiger charge is 2.37. The van der Waals surface area contributed by atoms with Crippen molar-refractivity contribution in [2.45, 2.75) is 65.7 Å². The fourth-order valence-corrected chi connectivity index (χ4v) is 3.60. The van der Waals surface area contributed by atoms with E-state index in [-0.39, 0.29) is 17.3 Å². The highest BCUT2D eigenvalue weighted by molar-refractivity contribution is 6.50. The average molecular weight is 331 g/mol. The highest BCUT2D eigenvalue weighted by Crippen LogP contribution is 2.35. The van der Waals surface area contributed by atoms with E-state index < -0.39 is 11.6 Å². The van der Waals surface area contributed by atoms with Crippen molar-refractivity contribution in [1.29, 1.82) is 0 Å².